The van der Waals surface area contributed by atoms with Crippen molar-refractivity contribution in [3.8, 4) is 33.4 Å². The summed E-state index contributed by atoms with van der Waals surface area (Å²) in [5.41, 5.74) is 13.6. The van der Waals surface area contributed by atoms with Crippen LogP contribution >= 0.6 is 0 Å². The first-order valence-electron chi connectivity index (χ1n) is 16.0. The molecule has 5 aromatic carbocycles. The largest absolute Gasteiger partial charge is 0.737 e. The first kappa shape index (κ1) is 28.9. The van der Waals surface area contributed by atoms with Crippen molar-refractivity contribution in [2.24, 2.45) is 0 Å². The number of halogens is 2. The molecule has 2 aliphatic rings. The molecule has 2 nitrogen and oxygen atoms in total. The number of aryl methyl sites for hydroxylation is 3. The minimum atomic E-state index is -4.21. The van der Waals surface area contributed by atoms with Crippen molar-refractivity contribution in [2.75, 3.05) is 0 Å². The predicted molar refractivity (Wildman–Crippen MR) is 192 cm³/mol. The van der Waals surface area contributed by atoms with Gasteiger partial charge in [-0.15, -0.1) is 0 Å². The number of rotatable bonds is 5. The summed E-state index contributed by atoms with van der Waals surface area (Å²) in [5, 5.41) is 0. The normalized spacial score (nSPS) is 14.8. The maximum atomic E-state index is 17.0. The van der Waals surface area contributed by atoms with E-state index in [2.05, 4.69) is 69.3 Å². The van der Waals surface area contributed by atoms with E-state index < -0.39 is 6.97 Å². The van der Waals surface area contributed by atoms with Crippen molar-refractivity contribution in [2.45, 2.75) is 20.8 Å². The molecule has 0 amide bonds. The number of allylic oxidation sites excluding steroid dienone is 2. The SMILES string of the molecule is Cc1cc(C)c(C2=C3C=C(c4ccccc4-c4ccccc4)C=[N+]3[B-](F)(F)n3cc(-c4ccccc4-c4ccccc4)cc32)c(C)c1. The van der Waals surface area contributed by atoms with Crippen molar-refractivity contribution in [1.82, 2.24) is 4.48 Å². The highest BCUT2D eigenvalue weighted by Crippen LogP contribution is 2.46. The molecule has 0 saturated carbocycles. The monoisotopic (exact) mass is 614 g/mol. The van der Waals surface area contributed by atoms with Gasteiger partial charge in [0.05, 0.1) is 5.57 Å². The highest BCUT2D eigenvalue weighted by molar-refractivity contribution is 6.58. The summed E-state index contributed by atoms with van der Waals surface area (Å²) in [4.78, 5) is 0. The quantitative estimate of drug-likeness (QED) is 0.171. The number of hydrogen-bond acceptors (Lipinski definition) is 0. The fraction of sp³-hybridized carbons (Fsp3) is 0.0714. The summed E-state index contributed by atoms with van der Waals surface area (Å²) < 4.78 is 36.5. The van der Waals surface area contributed by atoms with E-state index in [-0.39, 0.29) is 0 Å². The molecule has 6 aromatic rings. The summed E-state index contributed by atoms with van der Waals surface area (Å²) in [6.07, 6.45) is 5.26. The van der Waals surface area contributed by atoms with E-state index in [0.717, 1.165) is 72.3 Å². The van der Waals surface area contributed by atoms with Gasteiger partial charge in [-0.3, -0.25) is 0 Å². The lowest BCUT2D eigenvalue weighted by molar-refractivity contribution is -0.356. The zero-order valence-corrected chi connectivity index (χ0v) is 26.6. The molecule has 5 heteroatoms. The molecule has 228 valence electrons. The van der Waals surface area contributed by atoms with Crippen LogP contribution in [-0.2, 0) is 0 Å². The van der Waals surface area contributed by atoms with Crippen LogP contribution in [0.5, 0.6) is 0 Å². The van der Waals surface area contributed by atoms with Crippen LogP contribution in [0.4, 0.5) is 8.63 Å². The Balaban J connectivity index is 1.39. The van der Waals surface area contributed by atoms with Crippen LogP contribution in [0.1, 0.15) is 33.5 Å². The number of nitrogens with zero attached hydrogens (tertiary/aromatic N) is 2. The topological polar surface area (TPSA) is 7.94 Å². The lowest BCUT2D eigenvalue weighted by Crippen LogP contribution is -2.49. The van der Waals surface area contributed by atoms with E-state index in [1.807, 2.05) is 84.9 Å². The minimum Gasteiger partial charge on any atom is -0.395 e. The second-order valence-electron chi connectivity index (χ2n) is 12.6. The molecular weight excluding hydrogens is 581 g/mol. The van der Waals surface area contributed by atoms with Gasteiger partial charge in [0.2, 0.25) is 0 Å². The highest BCUT2D eigenvalue weighted by atomic mass is 19.2. The molecule has 0 N–H and O–H groups in total. The summed E-state index contributed by atoms with van der Waals surface area (Å²) in [5.74, 6) is 0. The first-order chi connectivity index (χ1) is 22.8. The number of hydrogen-bond donors (Lipinski definition) is 0. The minimum absolute atomic E-state index is 0.524. The van der Waals surface area contributed by atoms with Crippen LogP contribution in [-0.4, -0.2) is 22.1 Å². The Labute approximate surface area is 274 Å². The Morgan fingerprint density at radius 1 is 0.574 bits per heavy atom. The predicted octanol–water partition coefficient (Wildman–Crippen LogP) is 10.6. The molecule has 0 saturated heterocycles. The van der Waals surface area contributed by atoms with Gasteiger partial charge in [0.25, 0.3) is 0 Å². The van der Waals surface area contributed by atoms with Gasteiger partial charge in [-0.05, 0) is 88.7 Å². The third kappa shape index (κ3) is 4.73. The van der Waals surface area contributed by atoms with Crippen LogP contribution in [0.2, 0.25) is 0 Å². The van der Waals surface area contributed by atoms with Crippen molar-refractivity contribution in [3.05, 3.63) is 179 Å². The fourth-order valence-corrected chi connectivity index (χ4v) is 7.47. The lowest BCUT2D eigenvalue weighted by atomic mass is 9.83. The van der Waals surface area contributed by atoms with Crippen LogP contribution in [0, 0.1) is 20.8 Å². The average Bonchev–Trinajstić information content (AvgIpc) is 3.74. The number of benzene rings is 5. The van der Waals surface area contributed by atoms with Crippen LogP contribution in [0.15, 0.2) is 145 Å². The molecule has 0 atom stereocenters. The Morgan fingerprint density at radius 3 is 1.64 bits per heavy atom. The summed E-state index contributed by atoms with van der Waals surface area (Å²) in [6, 6.07) is 42.6. The molecule has 1 aromatic heterocycles. The van der Waals surface area contributed by atoms with Gasteiger partial charge in [-0.1, -0.05) is 127 Å². The van der Waals surface area contributed by atoms with Crippen molar-refractivity contribution < 1.29 is 13.1 Å². The highest BCUT2D eigenvalue weighted by Gasteiger charge is 2.53. The zero-order valence-electron chi connectivity index (χ0n) is 26.6. The van der Waals surface area contributed by atoms with Gasteiger partial charge < -0.3 is 17.6 Å². The van der Waals surface area contributed by atoms with Gasteiger partial charge in [-0.25, -0.2) is 0 Å². The van der Waals surface area contributed by atoms with Gasteiger partial charge in [0.15, 0.2) is 5.70 Å². The van der Waals surface area contributed by atoms with Crippen LogP contribution < -0.4 is 0 Å². The van der Waals surface area contributed by atoms with Crippen molar-refractivity contribution in [3.63, 3.8) is 0 Å². The van der Waals surface area contributed by atoms with Crippen LogP contribution in [0.25, 0.3) is 44.5 Å². The Bertz CT molecular complexity index is 2270. The molecule has 0 bridgehead atoms. The molecule has 3 heterocycles. The third-order valence-electron chi connectivity index (χ3n) is 9.45. The maximum absolute atomic E-state index is 17.0. The molecule has 0 unspecified atom stereocenters. The van der Waals surface area contributed by atoms with Gasteiger partial charge in [-0.2, -0.15) is 0 Å². The maximum Gasteiger partial charge on any atom is 0.737 e. The summed E-state index contributed by atoms with van der Waals surface area (Å²) in [6.45, 7) is 2.03. The van der Waals surface area contributed by atoms with Gasteiger partial charge >= 0.3 is 6.97 Å². The molecule has 0 radical (unpaired) electrons. The van der Waals surface area contributed by atoms with E-state index in [1.165, 1.54) is 8.96 Å². The lowest BCUT2D eigenvalue weighted by Gasteiger charge is -2.31. The number of aromatic nitrogens is 1. The van der Waals surface area contributed by atoms with E-state index in [9.17, 15) is 0 Å². The average molecular weight is 615 g/mol. The standard InChI is InChI=1S/C42H33BF2N2/c1-28-22-29(2)41(30(3)23-28)42-39-24-33(37-20-12-10-18-35(37)31-14-6-4-7-15-31)26-46(39)43(44,45)47-27-34(25-40(42)47)38-21-13-11-19-36(38)32-16-8-5-9-17-32/h4-27H,1-3H3. The first-order valence-corrected chi connectivity index (χ1v) is 16.0. The molecule has 0 aliphatic carbocycles. The molecule has 2 aliphatic heterocycles. The van der Waals surface area contributed by atoms with Crippen molar-refractivity contribution in [1.29, 1.82) is 0 Å². The third-order valence-corrected chi connectivity index (χ3v) is 9.45. The zero-order chi connectivity index (χ0) is 32.3. The second-order valence-corrected chi connectivity index (χ2v) is 12.6. The van der Waals surface area contributed by atoms with Crippen molar-refractivity contribution >= 4 is 24.3 Å². The molecular formula is C42H33BF2N2. The van der Waals surface area contributed by atoms with E-state index >= 15 is 8.63 Å². The van der Waals surface area contributed by atoms with E-state index in [4.69, 9.17) is 0 Å². The second kappa shape index (κ2) is 11.1. The Hall–Kier alpha value is -5.55. The van der Waals surface area contributed by atoms with Gasteiger partial charge in [0, 0.05) is 17.3 Å². The number of fused-ring (bicyclic) bond motifs is 2. The molecule has 0 fully saturated rings. The summed E-state index contributed by atoms with van der Waals surface area (Å²) in [7, 11) is 0. The van der Waals surface area contributed by atoms with E-state index in [0.29, 0.717) is 11.4 Å². The van der Waals surface area contributed by atoms with E-state index in [1.54, 1.807) is 12.4 Å². The Morgan fingerprint density at radius 2 is 1.06 bits per heavy atom. The fourth-order valence-electron chi connectivity index (χ4n) is 7.47. The Kier molecular flexibility index (Phi) is 6.80. The smallest absolute Gasteiger partial charge is 0.395 e. The molecule has 0 spiro atoms. The molecule has 8 rings (SSSR count). The molecule has 47 heavy (non-hydrogen) atoms. The van der Waals surface area contributed by atoms with Gasteiger partial charge in [0.1, 0.15) is 6.21 Å². The summed E-state index contributed by atoms with van der Waals surface area (Å²) >= 11 is 0. The van der Waals surface area contributed by atoms with Crippen LogP contribution in [0.3, 0.4) is 0 Å².